The Labute approximate surface area is 174 Å². The summed E-state index contributed by atoms with van der Waals surface area (Å²) in [5.41, 5.74) is 1.12. The van der Waals surface area contributed by atoms with Crippen LogP contribution in [0.25, 0.3) is 6.08 Å². The molecular weight excluding hydrogens is 404 g/mol. The van der Waals surface area contributed by atoms with Crippen molar-refractivity contribution in [1.29, 1.82) is 0 Å². The number of carbonyl (C=O) groups excluding carboxylic acids is 1. The van der Waals surface area contributed by atoms with Crippen LogP contribution in [0.5, 0.6) is 17.2 Å². The summed E-state index contributed by atoms with van der Waals surface area (Å²) in [5.74, 6) is 0.919. The average Bonchev–Trinajstić information content (AvgIpc) is 3.05. The third kappa shape index (κ3) is 4.06. The van der Waals surface area contributed by atoms with Crippen LogP contribution in [-0.4, -0.2) is 20.8 Å². The Kier molecular flexibility index (Phi) is 5.29. The number of hydrogen-bond acceptors (Lipinski definition) is 6. The van der Waals surface area contributed by atoms with Crippen molar-refractivity contribution in [2.75, 3.05) is 6.61 Å². The van der Waals surface area contributed by atoms with E-state index >= 15 is 0 Å². The second kappa shape index (κ2) is 8.04. The van der Waals surface area contributed by atoms with Gasteiger partial charge >= 0.3 is 10.1 Å². The second-order valence-corrected chi connectivity index (χ2v) is 8.00. The summed E-state index contributed by atoms with van der Waals surface area (Å²) in [6.45, 7) is 2.48. The Morgan fingerprint density at radius 1 is 0.933 bits per heavy atom. The highest BCUT2D eigenvalue weighted by Crippen LogP contribution is 2.35. The highest BCUT2D eigenvalue weighted by Gasteiger charge is 2.28. The maximum absolute atomic E-state index is 12.6. The van der Waals surface area contributed by atoms with Gasteiger partial charge in [-0.3, -0.25) is 4.79 Å². The van der Waals surface area contributed by atoms with E-state index in [4.69, 9.17) is 13.7 Å². The maximum atomic E-state index is 12.6. The van der Waals surface area contributed by atoms with Gasteiger partial charge in [0, 0.05) is 6.07 Å². The number of allylic oxidation sites excluding steroid dienone is 1. The Hall–Kier alpha value is -3.58. The lowest BCUT2D eigenvalue weighted by Crippen LogP contribution is -2.09. The van der Waals surface area contributed by atoms with E-state index < -0.39 is 10.1 Å². The number of ketones is 1. The third-order valence-electron chi connectivity index (χ3n) is 4.37. The fourth-order valence-electron chi connectivity index (χ4n) is 2.96. The zero-order valence-electron chi connectivity index (χ0n) is 16.1. The minimum Gasteiger partial charge on any atom is -0.494 e. The molecule has 6 nitrogen and oxygen atoms in total. The molecule has 0 fully saturated rings. The number of Topliss-reactive ketones (excluding diaryl/α,β-unsaturated/α-hetero) is 1. The molecule has 30 heavy (non-hydrogen) atoms. The lowest BCUT2D eigenvalue weighted by molar-refractivity contribution is 0.101. The van der Waals surface area contributed by atoms with Gasteiger partial charge in [0.1, 0.15) is 22.1 Å². The van der Waals surface area contributed by atoms with E-state index in [-0.39, 0.29) is 27.9 Å². The predicted molar refractivity (Wildman–Crippen MR) is 111 cm³/mol. The molecule has 0 radical (unpaired) electrons. The van der Waals surface area contributed by atoms with Crippen LogP contribution in [-0.2, 0) is 10.1 Å². The molecule has 1 heterocycles. The molecular formula is C23H18O6S. The van der Waals surface area contributed by atoms with Gasteiger partial charge in [0.15, 0.2) is 5.76 Å². The molecule has 152 valence electrons. The molecule has 0 amide bonds. The van der Waals surface area contributed by atoms with Crippen molar-refractivity contribution in [2.24, 2.45) is 0 Å². The van der Waals surface area contributed by atoms with Gasteiger partial charge in [0.05, 0.1) is 12.2 Å². The predicted octanol–water partition coefficient (Wildman–Crippen LogP) is 4.47. The Bertz CT molecular complexity index is 1210. The van der Waals surface area contributed by atoms with Crippen molar-refractivity contribution >= 4 is 22.0 Å². The minimum absolute atomic E-state index is 0.0403. The molecule has 0 aliphatic carbocycles. The van der Waals surface area contributed by atoms with Gasteiger partial charge in [0.25, 0.3) is 0 Å². The largest absolute Gasteiger partial charge is 0.494 e. The minimum atomic E-state index is -3.98. The van der Waals surface area contributed by atoms with E-state index in [0.29, 0.717) is 12.2 Å². The highest BCUT2D eigenvalue weighted by molar-refractivity contribution is 7.87. The first-order chi connectivity index (χ1) is 14.5. The molecule has 0 bridgehead atoms. The molecule has 1 aliphatic rings. The molecule has 1 aliphatic heterocycles. The van der Waals surface area contributed by atoms with E-state index in [1.165, 1.54) is 30.3 Å². The van der Waals surface area contributed by atoms with E-state index in [1.54, 1.807) is 24.3 Å². The van der Waals surface area contributed by atoms with Crippen LogP contribution in [0.2, 0.25) is 0 Å². The maximum Gasteiger partial charge on any atom is 0.339 e. The standard InChI is InChI=1S/C23H18O6S/c1-2-27-17-10-8-16(9-11-17)14-22-23(24)20-13-12-18(15-21(20)28-22)29-30(25,26)19-6-4-3-5-7-19/h3-15H,2H2,1H3/b22-14-. The lowest BCUT2D eigenvalue weighted by Gasteiger charge is -2.07. The number of ether oxygens (including phenoxy) is 2. The first kappa shape index (κ1) is 19.7. The summed E-state index contributed by atoms with van der Waals surface area (Å²) in [4.78, 5) is 12.7. The third-order valence-corrected chi connectivity index (χ3v) is 5.63. The van der Waals surface area contributed by atoms with Gasteiger partial charge in [-0.15, -0.1) is 0 Å². The average molecular weight is 422 g/mol. The Balaban J connectivity index is 1.55. The second-order valence-electron chi connectivity index (χ2n) is 6.45. The number of fused-ring (bicyclic) bond motifs is 1. The van der Waals surface area contributed by atoms with Crippen LogP contribution in [0.4, 0.5) is 0 Å². The van der Waals surface area contributed by atoms with Crippen molar-refractivity contribution in [2.45, 2.75) is 11.8 Å². The summed E-state index contributed by atoms with van der Waals surface area (Å²) in [6.07, 6.45) is 1.62. The zero-order chi connectivity index (χ0) is 21.1. The van der Waals surface area contributed by atoms with Gasteiger partial charge in [0.2, 0.25) is 5.78 Å². The van der Waals surface area contributed by atoms with E-state index in [1.807, 2.05) is 31.2 Å². The van der Waals surface area contributed by atoms with Crippen molar-refractivity contribution < 1.29 is 26.9 Å². The van der Waals surface area contributed by atoms with Crippen LogP contribution < -0.4 is 13.7 Å². The first-order valence-corrected chi connectivity index (χ1v) is 10.7. The number of carbonyl (C=O) groups is 1. The monoisotopic (exact) mass is 422 g/mol. The summed E-state index contributed by atoms with van der Waals surface area (Å²) in [7, 11) is -3.98. The Morgan fingerprint density at radius 2 is 1.63 bits per heavy atom. The Morgan fingerprint density at radius 3 is 2.33 bits per heavy atom. The summed E-state index contributed by atoms with van der Waals surface area (Å²) in [5, 5.41) is 0. The highest BCUT2D eigenvalue weighted by atomic mass is 32.2. The quantitative estimate of drug-likeness (QED) is 0.431. The number of rotatable bonds is 6. The van der Waals surface area contributed by atoms with Gasteiger partial charge in [-0.2, -0.15) is 8.42 Å². The summed E-state index contributed by atoms with van der Waals surface area (Å²) < 4.78 is 41.0. The molecule has 3 aromatic rings. The normalized spacial score (nSPS) is 14.3. The van der Waals surface area contributed by atoms with Gasteiger partial charge in [-0.05, 0) is 55.0 Å². The van der Waals surface area contributed by atoms with Crippen LogP contribution in [0.3, 0.4) is 0 Å². The van der Waals surface area contributed by atoms with Gasteiger partial charge < -0.3 is 13.7 Å². The summed E-state index contributed by atoms with van der Waals surface area (Å²) >= 11 is 0. The van der Waals surface area contributed by atoms with E-state index in [0.717, 1.165) is 11.3 Å². The fraction of sp³-hybridized carbons (Fsp3) is 0.0870. The van der Waals surface area contributed by atoms with Crippen LogP contribution in [0, 0.1) is 0 Å². The molecule has 7 heteroatoms. The lowest BCUT2D eigenvalue weighted by atomic mass is 10.1. The molecule has 0 saturated carbocycles. The van der Waals surface area contributed by atoms with Crippen molar-refractivity contribution in [3.8, 4) is 17.2 Å². The molecule has 0 saturated heterocycles. The molecule has 4 rings (SSSR count). The van der Waals surface area contributed by atoms with Crippen molar-refractivity contribution in [1.82, 2.24) is 0 Å². The molecule has 0 aromatic heterocycles. The van der Waals surface area contributed by atoms with Gasteiger partial charge in [-0.1, -0.05) is 30.3 Å². The SMILES string of the molecule is CCOc1ccc(/C=C2\Oc3cc(OS(=O)(=O)c4ccccc4)ccc3C2=O)cc1. The molecule has 0 atom stereocenters. The molecule has 3 aromatic carbocycles. The van der Waals surface area contributed by atoms with Crippen LogP contribution >= 0.6 is 0 Å². The molecule has 0 unspecified atom stereocenters. The number of benzene rings is 3. The smallest absolute Gasteiger partial charge is 0.339 e. The molecule has 0 N–H and O–H groups in total. The zero-order valence-corrected chi connectivity index (χ0v) is 16.9. The molecule has 0 spiro atoms. The summed E-state index contributed by atoms with van der Waals surface area (Å²) in [6, 6.07) is 19.4. The van der Waals surface area contributed by atoms with Crippen molar-refractivity contribution in [3.05, 3.63) is 89.7 Å². The van der Waals surface area contributed by atoms with E-state index in [2.05, 4.69) is 0 Å². The topological polar surface area (TPSA) is 78.9 Å². The first-order valence-electron chi connectivity index (χ1n) is 9.27. The fourth-order valence-corrected chi connectivity index (χ4v) is 3.90. The van der Waals surface area contributed by atoms with Crippen LogP contribution in [0.1, 0.15) is 22.8 Å². The van der Waals surface area contributed by atoms with Crippen LogP contribution in [0.15, 0.2) is 83.5 Å². The van der Waals surface area contributed by atoms with E-state index in [9.17, 15) is 13.2 Å². The van der Waals surface area contributed by atoms with Crippen molar-refractivity contribution in [3.63, 3.8) is 0 Å². The number of hydrogen-bond donors (Lipinski definition) is 0. The van der Waals surface area contributed by atoms with Gasteiger partial charge in [-0.25, -0.2) is 0 Å².